The number of carbonyl (C=O) groups is 4. The Hall–Kier alpha value is -6.30. The summed E-state index contributed by atoms with van der Waals surface area (Å²) in [6.45, 7) is 6.70. The predicted octanol–water partition coefficient (Wildman–Crippen LogP) is 7.53. The van der Waals surface area contributed by atoms with Gasteiger partial charge in [-0.1, -0.05) is 62.4 Å². The molecule has 1 fully saturated rings. The van der Waals surface area contributed by atoms with E-state index in [2.05, 4.69) is 16.0 Å². The topological polar surface area (TPSA) is 167 Å². The number of carbonyl (C=O) groups excluding carboxylic acids is 4. The van der Waals surface area contributed by atoms with Crippen molar-refractivity contribution in [1.29, 1.82) is 0 Å². The minimum absolute atomic E-state index is 0.0240. The van der Waals surface area contributed by atoms with E-state index in [4.69, 9.17) is 9.15 Å². The molecule has 11 nitrogen and oxygen atoms in total. The number of rotatable bonds is 10. The Balaban J connectivity index is 0.000000202. The van der Waals surface area contributed by atoms with Gasteiger partial charge in [-0.05, 0) is 101 Å². The molecule has 11 heteroatoms. The van der Waals surface area contributed by atoms with Crippen molar-refractivity contribution in [2.75, 3.05) is 33.4 Å². The van der Waals surface area contributed by atoms with E-state index in [1.54, 1.807) is 55.6 Å². The summed E-state index contributed by atoms with van der Waals surface area (Å²) in [5.74, 6) is 0.421. The summed E-state index contributed by atoms with van der Waals surface area (Å²) in [5.41, 5.74) is 3.85. The molecule has 0 saturated carbocycles. The summed E-state index contributed by atoms with van der Waals surface area (Å²) in [7, 11) is 1.59. The lowest BCUT2D eigenvalue weighted by Crippen LogP contribution is -2.45. The number of amides is 2. The number of aromatic hydroxyl groups is 2. The number of piperidine rings is 1. The minimum Gasteiger partial charge on any atom is -0.507 e. The maximum Gasteiger partial charge on any atom is 0.287 e. The van der Waals surface area contributed by atoms with Crippen LogP contribution in [0.3, 0.4) is 0 Å². The van der Waals surface area contributed by atoms with Crippen LogP contribution in [0.1, 0.15) is 68.3 Å². The third-order valence-electron chi connectivity index (χ3n) is 9.13. The van der Waals surface area contributed by atoms with Crippen molar-refractivity contribution in [3.8, 4) is 33.9 Å². The number of nitrogens with one attached hydrogen (secondary N) is 3. The van der Waals surface area contributed by atoms with Gasteiger partial charge in [-0.25, -0.2) is 0 Å². The molecule has 0 radical (unpaired) electrons. The number of phenols is 2. The first-order valence-electron chi connectivity index (χ1n) is 18.2. The molecule has 2 heterocycles. The number of aldehydes is 2. The summed E-state index contributed by atoms with van der Waals surface area (Å²) >= 11 is 0. The average Bonchev–Trinajstić information content (AvgIpc) is 3.73. The van der Waals surface area contributed by atoms with Crippen molar-refractivity contribution in [2.45, 2.75) is 32.7 Å². The van der Waals surface area contributed by atoms with Crippen molar-refractivity contribution in [3.63, 3.8) is 0 Å². The molecular formula is C44H45N3O8. The van der Waals surface area contributed by atoms with E-state index in [-0.39, 0.29) is 46.2 Å². The molecule has 1 aliphatic rings. The largest absolute Gasteiger partial charge is 0.507 e. The van der Waals surface area contributed by atoms with Gasteiger partial charge in [0.05, 0.1) is 17.7 Å². The fraction of sp³-hybridized carbons (Fsp3) is 0.227. The Morgan fingerprint density at radius 1 is 0.782 bits per heavy atom. The number of ether oxygens (including phenoxy) is 1. The number of methoxy groups -OCH3 is 1. The standard InChI is InChI=1S/C21H20N2O4.C21H19NO4.C2H6/c24-12-17-16-5-3-14(10-13(16)4-6-18(17)25)19-7-8-20(27-19)21(26)23-15-2-1-9-22-11-15;1-26-11-10-22-21(25)15-4-2-14(3-5-15)16-6-8-18-17(12-16)7-9-20(24)19(18)13-23;1-2/h3-8,10,12,15,22,25H,1-2,9,11H2,(H,23,26);2-9,12-13,24H,10-11H2,1H3,(H,22,25);1-2H3. The normalized spacial score (nSPS) is 13.5. The van der Waals surface area contributed by atoms with Gasteiger partial charge < -0.3 is 35.3 Å². The molecule has 1 aliphatic heterocycles. The van der Waals surface area contributed by atoms with Gasteiger partial charge in [-0.15, -0.1) is 0 Å². The number of benzene rings is 5. The number of hydrogen-bond donors (Lipinski definition) is 5. The van der Waals surface area contributed by atoms with Crippen LogP contribution in [0.2, 0.25) is 0 Å². The predicted molar refractivity (Wildman–Crippen MR) is 214 cm³/mol. The van der Waals surface area contributed by atoms with Gasteiger partial charge in [0.15, 0.2) is 18.3 Å². The first-order valence-corrected chi connectivity index (χ1v) is 18.2. The summed E-state index contributed by atoms with van der Waals surface area (Å²) < 4.78 is 10.7. The summed E-state index contributed by atoms with van der Waals surface area (Å²) in [6, 6.07) is 28.5. The highest BCUT2D eigenvalue weighted by molar-refractivity contribution is 6.03. The molecule has 1 unspecified atom stereocenters. The molecule has 2 amide bonds. The molecule has 284 valence electrons. The molecule has 0 aliphatic carbocycles. The maximum atomic E-state index is 12.4. The van der Waals surface area contributed by atoms with E-state index in [0.29, 0.717) is 47.8 Å². The van der Waals surface area contributed by atoms with Crippen LogP contribution in [0, 0.1) is 0 Å². The second-order valence-corrected chi connectivity index (χ2v) is 12.6. The van der Waals surface area contributed by atoms with Crippen molar-refractivity contribution < 1.29 is 38.5 Å². The first-order chi connectivity index (χ1) is 26.8. The van der Waals surface area contributed by atoms with Crippen LogP contribution >= 0.6 is 0 Å². The Morgan fingerprint density at radius 2 is 1.38 bits per heavy atom. The lowest BCUT2D eigenvalue weighted by atomic mass is 9.98. The zero-order chi connectivity index (χ0) is 39.3. The highest BCUT2D eigenvalue weighted by atomic mass is 16.5. The first kappa shape index (κ1) is 39.9. The zero-order valence-corrected chi connectivity index (χ0v) is 31.1. The van der Waals surface area contributed by atoms with Crippen LogP contribution in [0.5, 0.6) is 11.5 Å². The van der Waals surface area contributed by atoms with Crippen molar-refractivity contribution in [1.82, 2.24) is 16.0 Å². The van der Waals surface area contributed by atoms with Gasteiger partial charge in [-0.3, -0.25) is 19.2 Å². The Kier molecular flexibility index (Phi) is 13.9. The van der Waals surface area contributed by atoms with E-state index in [1.807, 2.05) is 50.2 Å². The number of furan rings is 1. The molecule has 1 atom stereocenters. The Bertz CT molecular complexity index is 2270. The molecule has 1 aromatic heterocycles. The maximum absolute atomic E-state index is 12.4. The van der Waals surface area contributed by atoms with Crippen LogP contribution in [-0.4, -0.2) is 74.0 Å². The monoisotopic (exact) mass is 743 g/mol. The quantitative estimate of drug-likeness (QED) is 0.0704. The number of phenolic OH excluding ortho intramolecular Hbond substituents is 2. The van der Waals surface area contributed by atoms with Crippen molar-refractivity contribution in [2.24, 2.45) is 0 Å². The van der Waals surface area contributed by atoms with Crippen LogP contribution in [0.15, 0.2) is 101 Å². The third kappa shape index (κ3) is 9.63. The molecule has 5 aromatic carbocycles. The van der Waals surface area contributed by atoms with Crippen LogP contribution in [-0.2, 0) is 4.74 Å². The van der Waals surface area contributed by atoms with Gasteiger partial charge in [0.1, 0.15) is 17.3 Å². The molecule has 5 N–H and O–H groups in total. The highest BCUT2D eigenvalue weighted by Crippen LogP contribution is 2.32. The van der Waals surface area contributed by atoms with Gasteiger partial charge in [-0.2, -0.15) is 0 Å². The second kappa shape index (κ2) is 19.2. The van der Waals surface area contributed by atoms with Gasteiger partial charge in [0.2, 0.25) is 0 Å². The van der Waals surface area contributed by atoms with Crippen molar-refractivity contribution >= 4 is 45.9 Å². The summed E-state index contributed by atoms with van der Waals surface area (Å²) in [6.07, 6.45) is 3.31. The number of hydrogen-bond acceptors (Lipinski definition) is 9. The Labute approximate surface area is 319 Å². The molecular weight excluding hydrogens is 698 g/mol. The molecule has 55 heavy (non-hydrogen) atoms. The minimum atomic E-state index is -0.219. The van der Waals surface area contributed by atoms with E-state index in [9.17, 15) is 29.4 Å². The molecule has 7 rings (SSSR count). The van der Waals surface area contributed by atoms with Gasteiger partial charge >= 0.3 is 0 Å². The Morgan fingerprint density at radius 3 is 1.96 bits per heavy atom. The van der Waals surface area contributed by atoms with E-state index in [1.165, 1.54) is 12.1 Å². The van der Waals surface area contributed by atoms with Crippen LogP contribution in [0.25, 0.3) is 44.0 Å². The fourth-order valence-electron chi connectivity index (χ4n) is 6.29. The van der Waals surface area contributed by atoms with E-state index < -0.39 is 0 Å². The zero-order valence-electron chi connectivity index (χ0n) is 31.1. The third-order valence-corrected chi connectivity index (χ3v) is 9.13. The van der Waals surface area contributed by atoms with Crippen molar-refractivity contribution in [3.05, 3.63) is 120 Å². The highest BCUT2D eigenvalue weighted by Gasteiger charge is 2.19. The molecule has 1 saturated heterocycles. The molecule has 0 spiro atoms. The average molecular weight is 744 g/mol. The molecule has 6 aromatic rings. The van der Waals surface area contributed by atoms with Crippen LogP contribution < -0.4 is 16.0 Å². The van der Waals surface area contributed by atoms with Gasteiger partial charge in [0, 0.05) is 37.4 Å². The lowest BCUT2D eigenvalue weighted by Gasteiger charge is -2.23. The lowest BCUT2D eigenvalue weighted by molar-refractivity contribution is 0.0901. The van der Waals surface area contributed by atoms with E-state index in [0.717, 1.165) is 53.4 Å². The van der Waals surface area contributed by atoms with Crippen LogP contribution in [0.4, 0.5) is 0 Å². The summed E-state index contributed by atoms with van der Waals surface area (Å²) in [4.78, 5) is 46.8. The van der Waals surface area contributed by atoms with Gasteiger partial charge in [0.25, 0.3) is 11.8 Å². The molecule has 0 bridgehead atoms. The SMILES string of the molecule is CC.COCCNC(=O)c1ccc(-c2ccc3c(C=O)c(O)ccc3c2)cc1.O=Cc1c(O)ccc2cc(-c3ccc(C(=O)NC4CCCNC4)o3)ccc12. The number of fused-ring (bicyclic) bond motifs is 2. The smallest absolute Gasteiger partial charge is 0.287 e. The fourth-order valence-corrected chi connectivity index (χ4v) is 6.29. The van der Waals surface area contributed by atoms with E-state index >= 15 is 0 Å². The summed E-state index contributed by atoms with van der Waals surface area (Å²) in [5, 5.41) is 31.7. The second-order valence-electron chi connectivity index (χ2n) is 12.6.